The molecule has 3 heterocycles. The number of aryl methyl sites for hydroxylation is 3. The molecule has 0 unspecified atom stereocenters. The molecule has 2 aromatic heterocycles. The second-order valence-electron chi connectivity index (χ2n) is 7.62. The zero-order valence-electron chi connectivity index (χ0n) is 16.7. The third-order valence-corrected chi connectivity index (χ3v) is 5.46. The van der Waals surface area contributed by atoms with E-state index in [1.165, 1.54) is 19.3 Å². The molecule has 0 aliphatic carbocycles. The smallest absolute Gasteiger partial charge is 0.227 e. The van der Waals surface area contributed by atoms with Gasteiger partial charge < -0.3 is 14.4 Å². The lowest BCUT2D eigenvalue weighted by molar-refractivity contribution is -0.116. The molecule has 152 valence electrons. The molecule has 0 radical (unpaired) electrons. The van der Waals surface area contributed by atoms with Crippen molar-refractivity contribution in [2.45, 2.75) is 45.1 Å². The molecule has 7 nitrogen and oxygen atoms in total. The summed E-state index contributed by atoms with van der Waals surface area (Å²) >= 11 is 0. The van der Waals surface area contributed by atoms with Crippen molar-refractivity contribution in [3.63, 3.8) is 0 Å². The van der Waals surface area contributed by atoms with E-state index in [1.54, 1.807) is 0 Å². The number of carbonyl (C=O) groups is 1. The average molecular weight is 401 g/mol. The molecule has 0 fully saturated rings. The molecule has 0 spiro atoms. The van der Waals surface area contributed by atoms with Crippen LogP contribution in [0.4, 0.5) is 5.69 Å². The minimum Gasteiger partial charge on any atom is -0.339 e. The summed E-state index contributed by atoms with van der Waals surface area (Å²) in [4.78, 5) is 21.6. The first-order chi connectivity index (χ1) is 14.8. The molecule has 5 rings (SSSR count). The zero-order chi connectivity index (χ0) is 20.3. The van der Waals surface area contributed by atoms with E-state index in [9.17, 15) is 4.79 Å². The lowest BCUT2D eigenvalue weighted by atomic mass is 10.2. The predicted molar refractivity (Wildman–Crippen MR) is 114 cm³/mol. The number of carbonyl (C=O) groups excluding carboxylic acids is 1. The van der Waals surface area contributed by atoms with Gasteiger partial charge in [0.15, 0.2) is 0 Å². The molecule has 1 aliphatic rings. The minimum absolute atomic E-state index is 0.0883. The quantitative estimate of drug-likeness (QED) is 0.536. The van der Waals surface area contributed by atoms with E-state index < -0.39 is 0 Å². The summed E-state index contributed by atoms with van der Waals surface area (Å²) in [6, 6.07) is 15.6. The monoisotopic (exact) mass is 401 g/mol. The molecule has 0 bridgehead atoms. The number of amides is 1. The first-order valence-electron chi connectivity index (χ1n) is 10.4. The van der Waals surface area contributed by atoms with E-state index in [0.717, 1.165) is 41.1 Å². The number of nitrogens with one attached hydrogen (secondary N) is 1. The summed E-state index contributed by atoms with van der Waals surface area (Å²) in [6.07, 6.45) is 5.32. The van der Waals surface area contributed by atoms with Crippen LogP contribution in [-0.2, 0) is 24.2 Å². The van der Waals surface area contributed by atoms with Crippen LogP contribution in [0, 0.1) is 0 Å². The Bertz CT molecular complexity index is 1180. The summed E-state index contributed by atoms with van der Waals surface area (Å²) in [7, 11) is 0. The van der Waals surface area contributed by atoms with Crippen molar-refractivity contribution in [1.82, 2.24) is 19.7 Å². The van der Waals surface area contributed by atoms with Crippen LogP contribution in [0.2, 0.25) is 0 Å². The first-order valence-corrected chi connectivity index (χ1v) is 10.4. The highest BCUT2D eigenvalue weighted by Gasteiger charge is 2.15. The third kappa shape index (κ3) is 3.83. The lowest BCUT2D eigenvalue weighted by Gasteiger charge is -2.06. The van der Waals surface area contributed by atoms with Crippen molar-refractivity contribution >= 4 is 22.6 Å². The number of fused-ring (bicyclic) bond motifs is 3. The van der Waals surface area contributed by atoms with E-state index in [4.69, 9.17) is 9.51 Å². The SMILES string of the molecule is O=C(CCc1nc(-c2ccccc2)no1)Nc1ccc2c(c1)nc1n2CCCCC1. The van der Waals surface area contributed by atoms with Gasteiger partial charge in [0.05, 0.1) is 11.0 Å². The number of hydrogen-bond donors (Lipinski definition) is 1. The average Bonchev–Trinajstić information content (AvgIpc) is 3.30. The normalized spacial score (nSPS) is 13.7. The number of anilines is 1. The molecule has 1 amide bonds. The Balaban J connectivity index is 1.22. The van der Waals surface area contributed by atoms with Gasteiger partial charge in [0.2, 0.25) is 17.6 Å². The molecule has 0 saturated carbocycles. The zero-order valence-corrected chi connectivity index (χ0v) is 16.7. The van der Waals surface area contributed by atoms with Crippen LogP contribution < -0.4 is 5.32 Å². The summed E-state index contributed by atoms with van der Waals surface area (Å²) in [6.45, 7) is 1.02. The van der Waals surface area contributed by atoms with E-state index in [0.29, 0.717) is 18.1 Å². The summed E-state index contributed by atoms with van der Waals surface area (Å²) in [5.74, 6) is 2.06. The maximum Gasteiger partial charge on any atom is 0.227 e. The number of nitrogens with zero attached hydrogens (tertiary/aromatic N) is 4. The highest BCUT2D eigenvalue weighted by atomic mass is 16.5. The fourth-order valence-electron chi connectivity index (χ4n) is 3.93. The fourth-order valence-corrected chi connectivity index (χ4v) is 3.93. The van der Waals surface area contributed by atoms with Crippen molar-refractivity contribution in [2.24, 2.45) is 0 Å². The Hall–Kier alpha value is -3.48. The van der Waals surface area contributed by atoms with Crippen LogP contribution in [0.15, 0.2) is 53.1 Å². The van der Waals surface area contributed by atoms with Gasteiger partial charge in [-0.25, -0.2) is 4.98 Å². The van der Waals surface area contributed by atoms with E-state index in [1.807, 2.05) is 42.5 Å². The third-order valence-electron chi connectivity index (χ3n) is 5.46. The van der Waals surface area contributed by atoms with Gasteiger partial charge in [0.25, 0.3) is 0 Å². The standard InChI is InChI=1S/C23H23N5O2/c29-21(12-13-22-26-23(27-30-22)16-7-3-1-4-8-16)24-17-10-11-19-18(15-17)25-20-9-5-2-6-14-28(19)20/h1,3-4,7-8,10-11,15H,2,5-6,9,12-14H2,(H,24,29). The Morgan fingerprint density at radius 2 is 1.97 bits per heavy atom. The van der Waals surface area contributed by atoms with Gasteiger partial charge in [-0.3, -0.25) is 4.79 Å². The number of rotatable bonds is 5. The number of aromatic nitrogens is 4. The topological polar surface area (TPSA) is 85.8 Å². The molecule has 7 heteroatoms. The molecule has 0 saturated heterocycles. The van der Waals surface area contributed by atoms with E-state index >= 15 is 0 Å². The second kappa shape index (κ2) is 8.10. The number of hydrogen-bond acceptors (Lipinski definition) is 5. The van der Waals surface area contributed by atoms with Crippen LogP contribution >= 0.6 is 0 Å². The largest absolute Gasteiger partial charge is 0.339 e. The van der Waals surface area contributed by atoms with Gasteiger partial charge in [0.1, 0.15) is 5.82 Å². The van der Waals surface area contributed by atoms with Crippen molar-refractivity contribution in [2.75, 3.05) is 5.32 Å². The van der Waals surface area contributed by atoms with Crippen LogP contribution in [0.1, 0.15) is 37.4 Å². The Kier molecular flexibility index (Phi) is 5.01. The summed E-state index contributed by atoms with van der Waals surface area (Å²) in [5.41, 5.74) is 3.73. The van der Waals surface area contributed by atoms with Crippen LogP contribution in [0.3, 0.4) is 0 Å². The van der Waals surface area contributed by atoms with Crippen molar-refractivity contribution < 1.29 is 9.32 Å². The van der Waals surface area contributed by atoms with Gasteiger partial charge in [0, 0.05) is 37.1 Å². The van der Waals surface area contributed by atoms with Gasteiger partial charge in [-0.05, 0) is 31.0 Å². The molecule has 30 heavy (non-hydrogen) atoms. The highest BCUT2D eigenvalue weighted by molar-refractivity contribution is 5.93. The molecule has 4 aromatic rings. The van der Waals surface area contributed by atoms with Crippen molar-refractivity contribution in [3.05, 3.63) is 60.2 Å². The highest BCUT2D eigenvalue weighted by Crippen LogP contribution is 2.24. The predicted octanol–water partition coefficient (Wildman–Crippen LogP) is 4.38. The molecule has 1 aliphatic heterocycles. The van der Waals surface area contributed by atoms with Gasteiger partial charge >= 0.3 is 0 Å². The lowest BCUT2D eigenvalue weighted by Crippen LogP contribution is -2.12. The van der Waals surface area contributed by atoms with E-state index in [-0.39, 0.29) is 12.3 Å². The van der Waals surface area contributed by atoms with Crippen LogP contribution in [0.5, 0.6) is 0 Å². The summed E-state index contributed by atoms with van der Waals surface area (Å²) < 4.78 is 7.59. The van der Waals surface area contributed by atoms with Crippen LogP contribution in [0.25, 0.3) is 22.4 Å². The van der Waals surface area contributed by atoms with Gasteiger partial charge in [-0.1, -0.05) is 41.9 Å². The van der Waals surface area contributed by atoms with Crippen molar-refractivity contribution in [1.29, 1.82) is 0 Å². The molecular formula is C23H23N5O2. The first kappa shape index (κ1) is 18.5. The van der Waals surface area contributed by atoms with Crippen LogP contribution in [-0.4, -0.2) is 25.6 Å². The maximum absolute atomic E-state index is 12.4. The minimum atomic E-state index is -0.0883. The Morgan fingerprint density at radius 1 is 1.07 bits per heavy atom. The second-order valence-corrected chi connectivity index (χ2v) is 7.62. The fraction of sp³-hybridized carbons (Fsp3) is 0.304. The molecule has 0 atom stereocenters. The van der Waals surface area contributed by atoms with Gasteiger partial charge in [-0.15, -0.1) is 0 Å². The van der Waals surface area contributed by atoms with Crippen molar-refractivity contribution in [3.8, 4) is 11.4 Å². The van der Waals surface area contributed by atoms with E-state index in [2.05, 4.69) is 26.1 Å². The molecule has 1 N–H and O–H groups in total. The summed E-state index contributed by atoms with van der Waals surface area (Å²) in [5, 5.41) is 6.95. The molecular weight excluding hydrogens is 378 g/mol. The van der Waals surface area contributed by atoms with Gasteiger partial charge in [-0.2, -0.15) is 4.98 Å². The maximum atomic E-state index is 12.4. The number of imidazole rings is 1. The Labute approximate surface area is 174 Å². The molecule has 2 aromatic carbocycles. The Morgan fingerprint density at radius 3 is 2.87 bits per heavy atom. The number of benzene rings is 2.